The number of hydrogen-bond acceptors (Lipinski definition) is 4. The van der Waals surface area contributed by atoms with Crippen LogP contribution in [0.2, 0.25) is 0 Å². The number of benzene rings is 5. The minimum atomic E-state index is 0.690. The Morgan fingerprint density at radius 1 is 0.463 bits per heavy atom. The number of aromatic nitrogens is 4. The molecule has 0 N–H and O–H groups in total. The van der Waals surface area contributed by atoms with Gasteiger partial charge in [-0.15, -0.1) is 0 Å². The second-order valence-corrected chi connectivity index (χ2v) is 10.3. The van der Waals surface area contributed by atoms with Crippen LogP contribution in [0.3, 0.4) is 0 Å². The average Bonchev–Trinajstić information content (AvgIpc) is 3.44. The quantitative estimate of drug-likeness (QED) is 0.231. The van der Waals surface area contributed by atoms with Gasteiger partial charge in [0.25, 0.3) is 0 Å². The maximum atomic E-state index is 5.17. The molecule has 41 heavy (non-hydrogen) atoms. The zero-order chi connectivity index (χ0) is 27.2. The molecule has 0 atom stereocenters. The second kappa shape index (κ2) is 9.61. The normalized spacial score (nSPS) is 11.8. The van der Waals surface area contributed by atoms with Gasteiger partial charge in [0.05, 0.1) is 22.6 Å². The Hall–Kier alpha value is -5.48. The third-order valence-electron chi connectivity index (χ3n) is 7.81. The van der Waals surface area contributed by atoms with Gasteiger partial charge in [-0.05, 0) is 41.0 Å². The summed E-state index contributed by atoms with van der Waals surface area (Å²) in [5.41, 5.74) is 12.7. The molecule has 5 aromatic carbocycles. The van der Waals surface area contributed by atoms with Crippen molar-refractivity contribution in [1.82, 2.24) is 19.9 Å². The van der Waals surface area contributed by atoms with E-state index in [9.17, 15) is 0 Å². The minimum Gasteiger partial charge on any atom is -0.236 e. The molecule has 2 aromatic heterocycles. The number of para-hydroxylation sites is 1. The van der Waals surface area contributed by atoms with Crippen LogP contribution in [0.15, 0.2) is 134 Å². The van der Waals surface area contributed by atoms with Crippen LogP contribution in [-0.4, -0.2) is 19.9 Å². The first-order valence-electron chi connectivity index (χ1n) is 13.8. The van der Waals surface area contributed by atoms with Crippen LogP contribution in [-0.2, 0) is 6.42 Å². The van der Waals surface area contributed by atoms with Gasteiger partial charge in [0, 0.05) is 39.6 Å². The third kappa shape index (κ3) is 4.09. The molecule has 1 aliphatic carbocycles. The van der Waals surface area contributed by atoms with Crippen molar-refractivity contribution in [1.29, 1.82) is 0 Å². The van der Waals surface area contributed by atoms with Crippen LogP contribution in [0.5, 0.6) is 0 Å². The summed E-state index contributed by atoms with van der Waals surface area (Å²) in [5.74, 6) is 0.690. The van der Waals surface area contributed by atoms with E-state index in [1.807, 2.05) is 36.4 Å². The van der Waals surface area contributed by atoms with Crippen LogP contribution >= 0.6 is 0 Å². The molecule has 8 rings (SSSR count). The van der Waals surface area contributed by atoms with Gasteiger partial charge in [-0.2, -0.15) is 0 Å². The van der Waals surface area contributed by atoms with E-state index in [0.717, 1.165) is 67.8 Å². The smallest absolute Gasteiger partial charge is 0.160 e. The summed E-state index contributed by atoms with van der Waals surface area (Å²) in [6.45, 7) is 0. The molecular weight excluding hydrogens is 500 g/mol. The highest BCUT2D eigenvalue weighted by Crippen LogP contribution is 2.41. The summed E-state index contributed by atoms with van der Waals surface area (Å²) in [6, 6.07) is 44.1. The first-order chi connectivity index (χ1) is 20.3. The summed E-state index contributed by atoms with van der Waals surface area (Å²) < 4.78 is 0. The minimum absolute atomic E-state index is 0.690. The third-order valence-corrected chi connectivity index (χ3v) is 7.81. The van der Waals surface area contributed by atoms with Crippen molar-refractivity contribution in [2.45, 2.75) is 6.42 Å². The number of rotatable bonds is 4. The lowest BCUT2D eigenvalue weighted by molar-refractivity contribution is 1.13. The molecular formula is C37H24N4. The molecule has 0 bridgehead atoms. The van der Waals surface area contributed by atoms with E-state index in [2.05, 4.69) is 91.0 Å². The van der Waals surface area contributed by atoms with Crippen LogP contribution in [0.1, 0.15) is 11.1 Å². The number of hydrogen-bond donors (Lipinski definition) is 0. The molecule has 0 fully saturated rings. The first-order valence-corrected chi connectivity index (χ1v) is 13.8. The molecule has 7 aromatic rings. The fraction of sp³-hybridized carbons (Fsp3) is 0.0270. The standard InChI is InChI=1S/C37H24N4/c1-3-11-24(12-4-1)27-19-28(34-32-22-26-15-7-8-16-30(26)36(32)39-23-38-34)21-29(20-27)37-40-33-18-10-9-17-31(33)35(41-37)25-13-5-2-6-14-25/h1-21,23H,22H2. The number of fused-ring (bicyclic) bond motifs is 4. The lowest BCUT2D eigenvalue weighted by Crippen LogP contribution is -1.98. The Bertz CT molecular complexity index is 2070. The Labute approximate surface area is 238 Å². The first kappa shape index (κ1) is 23.4. The van der Waals surface area contributed by atoms with E-state index < -0.39 is 0 Å². The van der Waals surface area contributed by atoms with Gasteiger partial charge in [-0.3, -0.25) is 0 Å². The Morgan fingerprint density at radius 3 is 1.98 bits per heavy atom. The molecule has 0 unspecified atom stereocenters. The van der Waals surface area contributed by atoms with Gasteiger partial charge in [0.1, 0.15) is 6.33 Å². The molecule has 0 saturated heterocycles. The van der Waals surface area contributed by atoms with Crippen LogP contribution < -0.4 is 0 Å². The summed E-state index contributed by atoms with van der Waals surface area (Å²) in [7, 11) is 0. The van der Waals surface area contributed by atoms with Crippen LogP contribution in [0.25, 0.3) is 67.2 Å². The van der Waals surface area contributed by atoms with Gasteiger partial charge in [0.15, 0.2) is 5.82 Å². The molecule has 2 heterocycles. The zero-order valence-corrected chi connectivity index (χ0v) is 22.2. The van der Waals surface area contributed by atoms with Gasteiger partial charge >= 0.3 is 0 Å². The predicted molar refractivity (Wildman–Crippen MR) is 165 cm³/mol. The predicted octanol–water partition coefficient (Wildman–Crippen LogP) is 8.66. The van der Waals surface area contributed by atoms with Crippen molar-refractivity contribution in [3.8, 4) is 56.3 Å². The molecule has 0 spiro atoms. The van der Waals surface area contributed by atoms with E-state index >= 15 is 0 Å². The fourth-order valence-corrected chi connectivity index (χ4v) is 5.87. The summed E-state index contributed by atoms with van der Waals surface area (Å²) in [6.07, 6.45) is 2.50. The van der Waals surface area contributed by atoms with Crippen molar-refractivity contribution in [2.24, 2.45) is 0 Å². The highest BCUT2D eigenvalue weighted by molar-refractivity contribution is 5.94. The average molecular weight is 525 g/mol. The van der Waals surface area contributed by atoms with Gasteiger partial charge < -0.3 is 0 Å². The molecule has 0 saturated carbocycles. The molecule has 4 nitrogen and oxygen atoms in total. The summed E-state index contributed by atoms with van der Waals surface area (Å²) in [4.78, 5) is 19.8. The van der Waals surface area contributed by atoms with E-state index in [4.69, 9.17) is 19.9 Å². The van der Waals surface area contributed by atoms with Gasteiger partial charge in [0.2, 0.25) is 0 Å². The van der Waals surface area contributed by atoms with Crippen molar-refractivity contribution in [3.05, 3.63) is 145 Å². The van der Waals surface area contributed by atoms with Crippen LogP contribution in [0, 0.1) is 0 Å². The Morgan fingerprint density at radius 2 is 1.12 bits per heavy atom. The SMILES string of the molecule is c1ccc(-c2cc(-c3nc(-c4ccccc4)c4ccccc4n3)cc(-c3ncnc4c3Cc3ccccc3-4)c2)cc1. The molecule has 0 amide bonds. The van der Waals surface area contributed by atoms with E-state index in [-0.39, 0.29) is 0 Å². The molecule has 0 aliphatic heterocycles. The zero-order valence-electron chi connectivity index (χ0n) is 22.2. The maximum absolute atomic E-state index is 5.17. The largest absolute Gasteiger partial charge is 0.236 e. The molecule has 4 heteroatoms. The lowest BCUT2D eigenvalue weighted by atomic mass is 9.95. The Kier molecular flexibility index (Phi) is 5.49. The van der Waals surface area contributed by atoms with Gasteiger partial charge in [-0.25, -0.2) is 19.9 Å². The van der Waals surface area contributed by atoms with Crippen molar-refractivity contribution in [3.63, 3.8) is 0 Å². The van der Waals surface area contributed by atoms with E-state index in [1.54, 1.807) is 6.33 Å². The van der Waals surface area contributed by atoms with Gasteiger partial charge in [-0.1, -0.05) is 103 Å². The maximum Gasteiger partial charge on any atom is 0.160 e. The molecule has 0 radical (unpaired) electrons. The highest BCUT2D eigenvalue weighted by atomic mass is 14.9. The monoisotopic (exact) mass is 524 g/mol. The van der Waals surface area contributed by atoms with Crippen molar-refractivity contribution in [2.75, 3.05) is 0 Å². The lowest BCUT2D eigenvalue weighted by Gasteiger charge is -2.14. The fourth-order valence-electron chi connectivity index (χ4n) is 5.87. The van der Waals surface area contributed by atoms with E-state index in [0.29, 0.717) is 5.82 Å². The summed E-state index contributed by atoms with van der Waals surface area (Å²) >= 11 is 0. The number of nitrogens with zero attached hydrogens (tertiary/aromatic N) is 4. The molecule has 1 aliphatic rings. The Balaban J connectivity index is 1.36. The highest BCUT2D eigenvalue weighted by Gasteiger charge is 2.24. The van der Waals surface area contributed by atoms with Crippen molar-refractivity contribution >= 4 is 10.9 Å². The van der Waals surface area contributed by atoms with E-state index in [1.165, 1.54) is 11.1 Å². The topological polar surface area (TPSA) is 51.6 Å². The van der Waals surface area contributed by atoms with Crippen LogP contribution in [0.4, 0.5) is 0 Å². The molecule has 192 valence electrons. The second-order valence-electron chi connectivity index (χ2n) is 10.3. The summed E-state index contributed by atoms with van der Waals surface area (Å²) in [5, 5.41) is 1.04. The van der Waals surface area contributed by atoms with Crippen molar-refractivity contribution < 1.29 is 0 Å².